The van der Waals surface area contributed by atoms with Crippen LogP contribution >= 0.6 is 0 Å². The standard InChI is InChI=1S/C21H18N2O.C20H15FN2O2.2C2H6/c1-13-7-8-16(9-14(13)2)20-12-18(22-23-20)11-17-10-15-5-3-4-6-19(15)21(17)24;21-18-7-12(11-24)5-6-17(18)19-10-15(22-23-19)9-14-8-13-3-1-2-4-16(13)20(14)25;2*1-2/h3-9,11-12H,10H2,1-2H3,(H,22,23);1-7,9-10,24H,8,11H2,(H,22,23);2*1-2H3/b17-11+;14-9+;;. The van der Waals surface area contributed by atoms with Crippen molar-refractivity contribution in [3.63, 3.8) is 0 Å². The number of carbonyl (C=O) groups excluding carboxylic acids is 2. The highest BCUT2D eigenvalue weighted by molar-refractivity contribution is 6.16. The molecule has 2 aliphatic rings. The molecule has 0 unspecified atom stereocenters. The third-order valence-corrected chi connectivity index (χ3v) is 9.02. The molecule has 2 heterocycles. The zero-order valence-electron chi connectivity index (χ0n) is 31.0. The topological polar surface area (TPSA) is 112 Å². The normalized spacial score (nSPS) is 14.1. The maximum atomic E-state index is 14.1. The van der Waals surface area contributed by atoms with Crippen LogP contribution in [0.1, 0.15) is 87.6 Å². The summed E-state index contributed by atoms with van der Waals surface area (Å²) in [5.74, 6) is -0.306. The lowest BCUT2D eigenvalue weighted by atomic mass is 10.0. The van der Waals surface area contributed by atoms with Crippen LogP contribution in [0.25, 0.3) is 34.7 Å². The minimum absolute atomic E-state index is 0.0187. The second-order valence-electron chi connectivity index (χ2n) is 12.4. The smallest absolute Gasteiger partial charge is 0.189 e. The number of nitrogens with zero attached hydrogens (tertiary/aromatic N) is 2. The Labute approximate surface area is 310 Å². The molecule has 0 bridgehead atoms. The number of aryl methyl sites for hydroxylation is 2. The van der Waals surface area contributed by atoms with Crippen molar-refractivity contribution < 1.29 is 19.1 Å². The third kappa shape index (κ3) is 8.56. The number of aliphatic hydroxyl groups is 1. The quantitative estimate of drug-likeness (QED) is 0.154. The zero-order valence-corrected chi connectivity index (χ0v) is 31.0. The monoisotopic (exact) mass is 708 g/mol. The number of nitrogens with one attached hydrogen (secondary N) is 2. The summed E-state index contributed by atoms with van der Waals surface area (Å²) < 4.78 is 14.1. The van der Waals surface area contributed by atoms with E-state index in [9.17, 15) is 14.0 Å². The van der Waals surface area contributed by atoms with Crippen molar-refractivity contribution in [2.24, 2.45) is 0 Å². The van der Waals surface area contributed by atoms with Gasteiger partial charge >= 0.3 is 0 Å². The van der Waals surface area contributed by atoms with Gasteiger partial charge in [-0.1, -0.05) is 94.4 Å². The van der Waals surface area contributed by atoms with Crippen LogP contribution in [-0.4, -0.2) is 37.1 Å². The van der Waals surface area contributed by atoms with E-state index >= 15 is 0 Å². The van der Waals surface area contributed by atoms with E-state index in [1.165, 1.54) is 17.2 Å². The largest absolute Gasteiger partial charge is 0.392 e. The van der Waals surface area contributed by atoms with Crippen LogP contribution in [0.5, 0.6) is 0 Å². The van der Waals surface area contributed by atoms with Gasteiger partial charge in [-0.3, -0.25) is 19.8 Å². The molecular formula is C45H45FN4O3. The molecule has 8 rings (SSSR count). The molecule has 7 nitrogen and oxygen atoms in total. The highest BCUT2D eigenvalue weighted by Crippen LogP contribution is 2.30. The molecule has 53 heavy (non-hydrogen) atoms. The van der Waals surface area contributed by atoms with Gasteiger partial charge in [-0.25, -0.2) is 4.39 Å². The molecule has 0 amide bonds. The Bertz CT molecular complexity index is 2310. The molecule has 0 saturated heterocycles. The lowest BCUT2D eigenvalue weighted by Gasteiger charge is -2.01. The molecular weight excluding hydrogens is 664 g/mol. The molecule has 0 fully saturated rings. The van der Waals surface area contributed by atoms with E-state index in [0.29, 0.717) is 40.9 Å². The van der Waals surface area contributed by atoms with Gasteiger partial charge in [-0.15, -0.1) is 0 Å². The fourth-order valence-electron chi connectivity index (χ4n) is 6.19. The fraction of sp³-hybridized carbons (Fsp3) is 0.200. The molecule has 270 valence electrons. The highest BCUT2D eigenvalue weighted by Gasteiger charge is 2.25. The number of carbonyl (C=O) groups is 2. The van der Waals surface area contributed by atoms with Gasteiger partial charge in [0, 0.05) is 46.2 Å². The van der Waals surface area contributed by atoms with E-state index in [4.69, 9.17) is 5.11 Å². The maximum absolute atomic E-state index is 14.1. The number of aromatic nitrogens is 4. The van der Waals surface area contributed by atoms with Crippen LogP contribution in [0, 0.1) is 19.7 Å². The summed E-state index contributed by atoms with van der Waals surface area (Å²) in [6, 6.07) is 29.9. The van der Waals surface area contributed by atoms with Crippen molar-refractivity contribution in [3.05, 3.63) is 164 Å². The number of hydrogen-bond acceptors (Lipinski definition) is 5. The first kappa shape index (κ1) is 38.2. The van der Waals surface area contributed by atoms with Gasteiger partial charge in [-0.2, -0.15) is 10.2 Å². The van der Waals surface area contributed by atoms with Crippen molar-refractivity contribution >= 4 is 23.7 Å². The Hall–Kier alpha value is -5.99. The average Bonchev–Trinajstić information content (AvgIpc) is 3.99. The maximum Gasteiger partial charge on any atom is 0.189 e. The number of Topliss-reactive ketones (excluding diaryl/α,β-unsaturated/α-hetero) is 2. The van der Waals surface area contributed by atoms with Crippen LogP contribution in [-0.2, 0) is 19.4 Å². The number of aliphatic hydroxyl groups excluding tert-OH is 1. The summed E-state index contributed by atoms with van der Waals surface area (Å²) in [7, 11) is 0. The first-order chi connectivity index (χ1) is 25.8. The number of aromatic amines is 2. The lowest BCUT2D eigenvalue weighted by molar-refractivity contribution is 0.103. The highest BCUT2D eigenvalue weighted by atomic mass is 19.1. The van der Waals surface area contributed by atoms with Gasteiger partial charge in [0.2, 0.25) is 0 Å². The number of hydrogen-bond donors (Lipinski definition) is 3. The van der Waals surface area contributed by atoms with Crippen molar-refractivity contribution in [1.29, 1.82) is 0 Å². The van der Waals surface area contributed by atoms with Crippen molar-refractivity contribution in [3.8, 4) is 22.5 Å². The summed E-state index contributed by atoms with van der Waals surface area (Å²) in [6.45, 7) is 12.0. The Morgan fingerprint density at radius 3 is 1.68 bits per heavy atom. The molecule has 4 aromatic carbocycles. The van der Waals surface area contributed by atoms with Gasteiger partial charge in [0.05, 0.1) is 29.4 Å². The number of ketones is 2. The molecule has 0 saturated carbocycles. The minimum atomic E-state index is -0.443. The molecule has 0 spiro atoms. The average molecular weight is 709 g/mol. The Morgan fingerprint density at radius 2 is 1.17 bits per heavy atom. The van der Waals surface area contributed by atoms with E-state index < -0.39 is 5.82 Å². The van der Waals surface area contributed by atoms with Crippen LogP contribution in [0.2, 0.25) is 0 Å². The van der Waals surface area contributed by atoms with Gasteiger partial charge < -0.3 is 5.11 Å². The van der Waals surface area contributed by atoms with E-state index in [1.54, 1.807) is 24.3 Å². The summed E-state index contributed by atoms with van der Waals surface area (Å²) in [6.07, 6.45) is 4.95. The van der Waals surface area contributed by atoms with Crippen molar-refractivity contribution in [1.82, 2.24) is 20.4 Å². The predicted molar refractivity (Wildman–Crippen MR) is 211 cm³/mol. The molecule has 6 aromatic rings. The number of fused-ring (bicyclic) bond motifs is 2. The Balaban J connectivity index is 0.000000187. The van der Waals surface area contributed by atoms with Gasteiger partial charge in [-0.05, 0) is 84.1 Å². The Kier molecular flexibility index (Phi) is 12.6. The summed E-state index contributed by atoms with van der Waals surface area (Å²) in [4.78, 5) is 24.9. The van der Waals surface area contributed by atoms with Crippen LogP contribution in [0.15, 0.2) is 108 Å². The molecule has 8 heteroatoms. The molecule has 0 radical (unpaired) electrons. The fourth-order valence-corrected chi connectivity index (χ4v) is 6.19. The van der Waals surface area contributed by atoms with E-state index in [-0.39, 0.29) is 18.2 Å². The number of allylic oxidation sites excluding steroid dienone is 2. The third-order valence-electron chi connectivity index (χ3n) is 9.02. The van der Waals surface area contributed by atoms with E-state index in [2.05, 4.69) is 52.4 Å². The summed E-state index contributed by atoms with van der Waals surface area (Å²) in [5.41, 5.74) is 12.5. The number of H-pyrrole nitrogens is 2. The van der Waals surface area contributed by atoms with Gasteiger partial charge in [0.1, 0.15) is 5.82 Å². The van der Waals surface area contributed by atoms with Gasteiger partial charge in [0.25, 0.3) is 0 Å². The molecule has 3 N–H and O–H groups in total. The SMILES string of the molecule is CC.CC.Cc1ccc(-c2cc(/C=C3\Cc4ccccc4C3=O)[nH]n2)cc1C.O=C1/C(=C/c2cc(-c3ccc(CO)cc3F)n[nH]2)Cc2ccccc21. The first-order valence-corrected chi connectivity index (χ1v) is 18.0. The number of benzene rings is 4. The van der Waals surface area contributed by atoms with Crippen LogP contribution in [0.4, 0.5) is 4.39 Å². The van der Waals surface area contributed by atoms with E-state index in [0.717, 1.165) is 44.8 Å². The molecule has 0 aliphatic heterocycles. The van der Waals surface area contributed by atoms with E-state index in [1.807, 2.05) is 88.4 Å². The van der Waals surface area contributed by atoms with Crippen molar-refractivity contribution in [2.75, 3.05) is 0 Å². The second-order valence-corrected chi connectivity index (χ2v) is 12.4. The first-order valence-electron chi connectivity index (χ1n) is 18.0. The van der Waals surface area contributed by atoms with Crippen LogP contribution in [0.3, 0.4) is 0 Å². The Morgan fingerprint density at radius 1 is 0.642 bits per heavy atom. The molecule has 2 aliphatic carbocycles. The van der Waals surface area contributed by atoms with Crippen LogP contribution < -0.4 is 0 Å². The summed E-state index contributed by atoms with van der Waals surface area (Å²) in [5, 5.41) is 23.5. The minimum Gasteiger partial charge on any atom is -0.392 e. The lowest BCUT2D eigenvalue weighted by Crippen LogP contribution is -1.94. The molecule has 2 aromatic heterocycles. The zero-order chi connectivity index (χ0) is 38.1. The van der Waals surface area contributed by atoms with Gasteiger partial charge in [0.15, 0.2) is 11.6 Å². The number of rotatable bonds is 5. The number of halogens is 1. The summed E-state index contributed by atoms with van der Waals surface area (Å²) >= 11 is 0. The molecule has 0 atom stereocenters. The second kappa shape index (κ2) is 17.5. The predicted octanol–water partition coefficient (Wildman–Crippen LogP) is 10.1. The van der Waals surface area contributed by atoms with Crippen molar-refractivity contribution in [2.45, 2.75) is 61.0 Å².